The molecule has 0 saturated heterocycles. The van der Waals surface area contributed by atoms with Gasteiger partial charge in [-0.1, -0.05) is 0 Å². The molecule has 1 aliphatic carbocycles. The predicted octanol–water partition coefficient (Wildman–Crippen LogP) is 3.99. The zero-order valence-corrected chi connectivity index (χ0v) is 17.1. The van der Waals surface area contributed by atoms with E-state index in [1.54, 1.807) is 29.4 Å². The van der Waals surface area contributed by atoms with E-state index in [1.165, 1.54) is 6.07 Å². The van der Waals surface area contributed by atoms with Crippen molar-refractivity contribution in [2.75, 3.05) is 5.73 Å². The van der Waals surface area contributed by atoms with Crippen molar-refractivity contribution in [3.05, 3.63) is 65.4 Å². The van der Waals surface area contributed by atoms with Gasteiger partial charge in [0.1, 0.15) is 17.7 Å². The Morgan fingerprint density at radius 3 is 2.66 bits per heavy atom. The Kier molecular flexibility index (Phi) is 4.54. The largest absolute Gasteiger partial charge is 0.417 e. The summed E-state index contributed by atoms with van der Waals surface area (Å²) >= 11 is 0. The summed E-state index contributed by atoms with van der Waals surface area (Å²) in [5.41, 5.74) is 8.86. The lowest BCUT2D eigenvalue weighted by molar-refractivity contribution is -0.137. The lowest BCUT2D eigenvalue weighted by Crippen LogP contribution is -2.33. The van der Waals surface area contributed by atoms with Gasteiger partial charge in [-0.25, -0.2) is 9.97 Å². The highest BCUT2D eigenvalue weighted by Gasteiger charge is 2.34. The van der Waals surface area contributed by atoms with E-state index < -0.39 is 11.7 Å². The predicted molar refractivity (Wildman–Crippen MR) is 112 cm³/mol. The van der Waals surface area contributed by atoms with Gasteiger partial charge >= 0.3 is 6.18 Å². The summed E-state index contributed by atoms with van der Waals surface area (Å²) in [7, 11) is 0. The van der Waals surface area contributed by atoms with E-state index in [1.807, 2.05) is 11.3 Å². The average molecular weight is 440 g/mol. The Labute approximate surface area is 180 Å². The number of benzene rings is 1. The van der Waals surface area contributed by atoms with Crippen LogP contribution in [-0.4, -0.2) is 36.2 Å². The minimum atomic E-state index is -4.45. The molecule has 0 spiro atoms. The van der Waals surface area contributed by atoms with E-state index in [-0.39, 0.29) is 18.5 Å². The van der Waals surface area contributed by atoms with Crippen molar-refractivity contribution in [2.45, 2.75) is 38.5 Å². The maximum atomic E-state index is 13.4. The summed E-state index contributed by atoms with van der Waals surface area (Å²) in [5, 5.41) is 0. The molecule has 3 aromatic heterocycles. The van der Waals surface area contributed by atoms with Gasteiger partial charge in [-0.2, -0.15) is 13.2 Å². The number of nitrogens with zero attached hydrogens (tertiary/aromatic N) is 5. The number of imidazole rings is 1. The molecule has 4 aromatic rings. The van der Waals surface area contributed by atoms with Crippen molar-refractivity contribution < 1.29 is 18.0 Å². The number of fused-ring (bicyclic) bond motifs is 3. The molecule has 0 radical (unpaired) electrons. The fourth-order valence-corrected chi connectivity index (χ4v) is 3.83. The monoisotopic (exact) mass is 440 g/mol. The summed E-state index contributed by atoms with van der Waals surface area (Å²) in [5.74, 6) is 0.150. The number of aromatic nitrogens is 4. The minimum absolute atomic E-state index is 0.0438. The smallest absolute Gasteiger partial charge is 0.382 e. The number of pyridine rings is 1. The molecule has 1 amide bonds. The summed E-state index contributed by atoms with van der Waals surface area (Å²) in [4.78, 5) is 27.7. The first-order chi connectivity index (χ1) is 15.2. The van der Waals surface area contributed by atoms with Crippen molar-refractivity contribution in [2.24, 2.45) is 0 Å². The molecule has 1 aliphatic rings. The third-order valence-corrected chi connectivity index (χ3v) is 5.65. The number of nitrogen functional groups attached to an aromatic ring is 1. The Morgan fingerprint density at radius 1 is 1.22 bits per heavy atom. The number of halogens is 3. The maximum Gasteiger partial charge on any atom is 0.417 e. The highest BCUT2D eigenvalue weighted by Crippen LogP contribution is 2.32. The summed E-state index contributed by atoms with van der Waals surface area (Å²) in [6, 6.07) is 7.51. The van der Waals surface area contributed by atoms with E-state index in [2.05, 4.69) is 15.0 Å². The van der Waals surface area contributed by atoms with Crippen LogP contribution in [0.2, 0.25) is 0 Å². The lowest BCUT2D eigenvalue weighted by atomic mass is 10.1. The highest BCUT2D eigenvalue weighted by atomic mass is 19.4. The van der Waals surface area contributed by atoms with E-state index in [0.29, 0.717) is 33.6 Å². The van der Waals surface area contributed by atoms with E-state index in [9.17, 15) is 18.0 Å². The van der Waals surface area contributed by atoms with Gasteiger partial charge in [0.2, 0.25) is 0 Å². The molecule has 1 saturated carbocycles. The third kappa shape index (κ3) is 3.51. The normalized spacial score (nSPS) is 14.2. The topological polar surface area (TPSA) is 89.4 Å². The highest BCUT2D eigenvalue weighted by molar-refractivity contribution is 5.98. The molecule has 1 fully saturated rings. The fraction of sp³-hybridized carbons (Fsp3) is 0.273. The number of anilines is 1. The summed E-state index contributed by atoms with van der Waals surface area (Å²) in [6.07, 6.45) is -0.303. The molecule has 32 heavy (non-hydrogen) atoms. The minimum Gasteiger partial charge on any atom is -0.382 e. The van der Waals surface area contributed by atoms with E-state index in [0.717, 1.165) is 30.8 Å². The number of carbonyl (C=O) groups is 1. The van der Waals surface area contributed by atoms with Crippen LogP contribution in [0, 0.1) is 6.92 Å². The second-order valence-corrected chi connectivity index (χ2v) is 7.95. The van der Waals surface area contributed by atoms with Crippen LogP contribution in [-0.2, 0) is 12.7 Å². The quantitative estimate of drug-likeness (QED) is 0.518. The van der Waals surface area contributed by atoms with Crippen LogP contribution in [0.1, 0.15) is 40.2 Å². The number of carbonyl (C=O) groups excluding carboxylic acids is 1. The number of nitrogens with two attached hydrogens (primary N) is 1. The van der Waals surface area contributed by atoms with Gasteiger partial charge < -0.3 is 10.6 Å². The number of hydrogen-bond acceptors (Lipinski definition) is 5. The first-order valence-corrected chi connectivity index (χ1v) is 10.1. The van der Waals surface area contributed by atoms with Crippen molar-refractivity contribution >= 4 is 28.3 Å². The van der Waals surface area contributed by atoms with Crippen molar-refractivity contribution in [3.8, 4) is 0 Å². The maximum absolute atomic E-state index is 13.4. The molecule has 0 bridgehead atoms. The first kappa shape index (κ1) is 20.2. The van der Waals surface area contributed by atoms with Gasteiger partial charge in [-0.05, 0) is 50.1 Å². The van der Waals surface area contributed by atoms with E-state index >= 15 is 0 Å². The molecular weight excluding hydrogens is 421 g/mol. The molecule has 10 heteroatoms. The fourth-order valence-electron chi connectivity index (χ4n) is 3.83. The van der Waals surface area contributed by atoms with Crippen molar-refractivity contribution in [1.29, 1.82) is 0 Å². The zero-order valence-electron chi connectivity index (χ0n) is 17.1. The molecule has 7 nitrogen and oxygen atoms in total. The molecule has 0 unspecified atom stereocenters. The Balaban J connectivity index is 1.48. The molecular formula is C22H19F3N6O. The van der Waals surface area contributed by atoms with Gasteiger partial charge in [0.25, 0.3) is 5.91 Å². The van der Waals surface area contributed by atoms with Crippen LogP contribution < -0.4 is 5.73 Å². The Hall–Kier alpha value is -3.69. The standard InChI is InChI=1S/C22H19F3N6O/c1-12-19-20(26)29-17-7-2-13(8-18(17)31(19)11-28-12)21(32)30(16-5-6-16)10-15-4-3-14(9-27-15)22(23,24)25/h2-4,7-9,11,16H,5-6,10H2,1H3,(H2,26,29). The molecule has 1 aromatic carbocycles. The number of aryl methyl sites for hydroxylation is 1. The Bertz CT molecular complexity index is 1340. The molecule has 3 heterocycles. The number of alkyl halides is 3. The van der Waals surface area contributed by atoms with Crippen LogP contribution in [0.15, 0.2) is 42.9 Å². The van der Waals surface area contributed by atoms with Crippen LogP contribution in [0.3, 0.4) is 0 Å². The Morgan fingerprint density at radius 2 is 2.00 bits per heavy atom. The summed E-state index contributed by atoms with van der Waals surface area (Å²) < 4.78 is 40.2. The van der Waals surface area contributed by atoms with Gasteiger partial charge in [-0.3, -0.25) is 14.2 Å². The number of amides is 1. The second kappa shape index (κ2) is 7.18. The van der Waals surface area contributed by atoms with Crippen LogP contribution in [0.25, 0.3) is 16.6 Å². The molecule has 5 rings (SSSR count). The molecule has 0 aliphatic heterocycles. The zero-order chi connectivity index (χ0) is 22.6. The first-order valence-electron chi connectivity index (χ1n) is 10.1. The summed E-state index contributed by atoms with van der Waals surface area (Å²) in [6.45, 7) is 1.97. The lowest BCUT2D eigenvalue weighted by Gasteiger charge is -2.22. The van der Waals surface area contributed by atoms with Crippen LogP contribution >= 0.6 is 0 Å². The number of hydrogen-bond donors (Lipinski definition) is 1. The van der Waals surface area contributed by atoms with Gasteiger partial charge in [0.05, 0.1) is 34.5 Å². The average Bonchev–Trinajstić information content (AvgIpc) is 3.52. The second-order valence-electron chi connectivity index (χ2n) is 7.95. The van der Waals surface area contributed by atoms with Crippen molar-refractivity contribution in [1.82, 2.24) is 24.3 Å². The molecule has 2 N–H and O–H groups in total. The SMILES string of the molecule is Cc1ncn2c1c(N)nc1ccc(C(=O)N(Cc3ccc(C(F)(F)F)cn3)C3CC3)cc12. The van der Waals surface area contributed by atoms with Crippen LogP contribution in [0.5, 0.6) is 0 Å². The molecule has 164 valence electrons. The van der Waals surface area contributed by atoms with Gasteiger partial charge in [-0.15, -0.1) is 0 Å². The van der Waals surface area contributed by atoms with Gasteiger partial charge in [0, 0.05) is 17.8 Å². The number of rotatable bonds is 4. The van der Waals surface area contributed by atoms with Crippen molar-refractivity contribution in [3.63, 3.8) is 0 Å². The molecule has 0 atom stereocenters. The van der Waals surface area contributed by atoms with Gasteiger partial charge in [0.15, 0.2) is 0 Å². The van der Waals surface area contributed by atoms with E-state index in [4.69, 9.17) is 5.73 Å². The van der Waals surface area contributed by atoms with Crippen LogP contribution in [0.4, 0.5) is 19.0 Å². The third-order valence-electron chi connectivity index (χ3n) is 5.65.